The Morgan fingerprint density at radius 2 is 1.94 bits per heavy atom. The molecule has 2 aromatic heterocycles. The molecule has 3 heterocycles. The number of rotatable bonds is 7. The van der Waals surface area contributed by atoms with E-state index in [2.05, 4.69) is 11.6 Å². The zero-order valence-corrected chi connectivity index (χ0v) is 19.9. The zero-order chi connectivity index (χ0) is 24.5. The Morgan fingerprint density at radius 3 is 2.65 bits per heavy atom. The Bertz CT molecular complexity index is 1280. The monoisotopic (exact) mass is 463 g/mol. The van der Waals surface area contributed by atoms with E-state index in [1.807, 2.05) is 38.1 Å². The molecule has 0 spiro atoms. The summed E-state index contributed by atoms with van der Waals surface area (Å²) in [6.45, 7) is 11.4. The van der Waals surface area contributed by atoms with Crippen molar-refractivity contribution in [2.24, 2.45) is 0 Å². The van der Waals surface area contributed by atoms with Gasteiger partial charge in [0.25, 0.3) is 0 Å². The van der Waals surface area contributed by atoms with Crippen molar-refractivity contribution < 1.29 is 23.4 Å². The smallest absolute Gasteiger partial charge is 0.485 e. The van der Waals surface area contributed by atoms with Gasteiger partial charge in [0.05, 0.1) is 6.61 Å². The van der Waals surface area contributed by atoms with E-state index in [9.17, 15) is 9.59 Å². The molecular formula is C27H29NO6. The molecule has 0 saturated carbocycles. The third kappa shape index (κ3) is 4.83. The van der Waals surface area contributed by atoms with Crippen LogP contribution in [0.4, 0.5) is 4.79 Å². The summed E-state index contributed by atoms with van der Waals surface area (Å²) in [7, 11) is 0. The molecule has 0 unspecified atom stereocenters. The number of fused-ring (bicyclic) bond motifs is 2. The molecule has 3 aromatic rings. The van der Waals surface area contributed by atoms with Crippen molar-refractivity contribution in [2.75, 3.05) is 6.61 Å². The summed E-state index contributed by atoms with van der Waals surface area (Å²) in [6, 6.07) is 9.27. The van der Waals surface area contributed by atoms with Crippen molar-refractivity contribution in [1.82, 2.24) is 4.98 Å². The molecule has 0 aliphatic carbocycles. The molecule has 0 amide bonds. The Morgan fingerprint density at radius 1 is 1.21 bits per heavy atom. The minimum Gasteiger partial charge on any atom is -0.485 e. The van der Waals surface area contributed by atoms with Crippen molar-refractivity contribution in [3.8, 4) is 5.75 Å². The largest absolute Gasteiger partial charge is 0.508 e. The maximum Gasteiger partial charge on any atom is 0.508 e. The van der Waals surface area contributed by atoms with Gasteiger partial charge in [-0.1, -0.05) is 19.9 Å². The second-order valence-corrected chi connectivity index (χ2v) is 9.59. The number of carbonyl (C=O) groups excluding carboxylic acids is 1. The van der Waals surface area contributed by atoms with Crippen LogP contribution in [-0.2, 0) is 27.7 Å². The summed E-state index contributed by atoms with van der Waals surface area (Å²) in [5, 5.41) is 0.807. The highest BCUT2D eigenvalue weighted by Gasteiger charge is 2.40. The molecule has 0 N–H and O–H groups in total. The van der Waals surface area contributed by atoms with E-state index in [0.717, 1.165) is 16.5 Å². The van der Waals surface area contributed by atoms with Crippen molar-refractivity contribution in [1.29, 1.82) is 0 Å². The predicted molar refractivity (Wildman–Crippen MR) is 128 cm³/mol. The molecule has 7 nitrogen and oxygen atoms in total. The first kappa shape index (κ1) is 23.5. The lowest BCUT2D eigenvalue weighted by Crippen LogP contribution is -2.43. The third-order valence-electron chi connectivity index (χ3n) is 6.28. The summed E-state index contributed by atoms with van der Waals surface area (Å²) in [4.78, 5) is 28.8. The van der Waals surface area contributed by atoms with Gasteiger partial charge in [0.2, 0.25) is 0 Å². The van der Waals surface area contributed by atoms with Crippen LogP contribution in [0.5, 0.6) is 5.75 Å². The standard InChI is InChI=1S/C27H29NO6/c1-6-26(2,3)20-14-18-13-19-15-23(32-21(19)16-22(18)33-24(20)29)27(4,5)34-25(30)31-12-9-17-7-10-28-11-8-17/h6-8,10-11,13-14,16,23H,1,9,12,15H2,2-5H3/t23-/m1/s1. The lowest BCUT2D eigenvalue weighted by molar-refractivity contribution is -0.0670. The summed E-state index contributed by atoms with van der Waals surface area (Å²) < 4.78 is 22.5. The first-order valence-electron chi connectivity index (χ1n) is 11.3. The SMILES string of the molecule is C=CC(C)(C)c1cc2cc3c(cc2oc1=O)O[C@@H](C(C)(C)OC(=O)OCCc1ccncc1)C3. The summed E-state index contributed by atoms with van der Waals surface area (Å²) >= 11 is 0. The number of pyridine rings is 1. The van der Waals surface area contributed by atoms with Gasteiger partial charge in [0.1, 0.15) is 23.0 Å². The lowest BCUT2D eigenvalue weighted by atomic mass is 9.85. The molecule has 1 aliphatic heterocycles. The molecule has 4 rings (SSSR count). The van der Waals surface area contributed by atoms with E-state index in [1.165, 1.54) is 0 Å². The van der Waals surface area contributed by atoms with Crippen LogP contribution in [0.1, 0.15) is 44.4 Å². The second kappa shape index (κ2) is 8.97. The summed E-state index contributed by atoms with van der Waals surface area (Å²) in [5.41, 5.74) is 1.12. The zero-order valence-electron chi connectivity index (χ0n) is 19.9. The molecule has 0 fully saturated rings. The minimum atomic E-state index is -0.935. The number of nitrogens with zero attached hydrogens (tertiary/aromatic N) is 1. The molecular weight excluding hydrogens is 434 g/mol. The highest BCUT2D eigenvalue weighted by Crippen LogP contribution is 2.38. The number of benzene rings is 1. The fourth-order valence-electron chi connectivity index (χ4n) is 3.92. The van der Waals surface area contributed by atoms with Gasteiger partial charge in [-0.3, -0.25) is 4.98 Å². The highest BCUT2D eigenvalue weighted by atomic mass is 16.7. The molecule has 1 atom stereocenters. The van der Waals surface area contributed by atoms with Crippen LogP contribution in [0.2, 0.25) is 0 Å². The van der Waals surface area contributed by atoms with Crippen LogP contribution in [0, 0.1) is 0 Å². The van der Waals surface area contributed by atoms with Gasteiger partial charge in [-0.05, 0) is 49.2 Å². The quantitative estimate of drug-likeness (QED) is 0.273. The van der Waals surface area contributed by atoms with Gasteiger partial charge in [-0.25, -0.2) is 9.59 Å². The Hall–Kier alpha value is -3.61. The summed E-state index contributed by atoms with van der Waals surface area (Å²) in [6.07, 6.45) is 5.08. The molecule has 1 aliphatic rings. The molecule has 178 valence electrons. The number of carbonyl (C=O) groups is 1. The van der Waals surface area contributed by atoms with Crippen LogP contribution in [0.3, 0.4) is 0 Å². The van der Waals surface area contributed by atoms with Gasteiger partial charge in [0, 0.05) is 47.7 Å². The number of hydrogen-bond donors (Lipinski definition) is 0. The lowest BCUT2D eigenvalue weighted by Gasteiger charge is -2.30. The predicted octanol–water partition coefficient (Wildman–Crippen LogP) is 5.13. The van der Waals surface area contributed by atoms with E-state index in [0.29, 0.717) is 29.7 Å². The fourth-order valence-corrected chi connectivity index (χ4v) is 3.92. The van der Waals surface area contributed by atoms with E-state index in [1.54, 1.807) is 38.4 Å². The molecule has 0 bridgehead atoms. The van der Waals surface area contributed by atoms with Crippen LogP contribution < -0.4 is 10.4 Å². The van der Waals surface area contributed by atoms with Crippen LogP contribution in [-0.4, -0.2) is 29.5 Å². The van der Waals surface area contributed by atoms with Gasteiger partial charge in [-0.2, -0.15) is 0 Å². The maximum absolute atomic E-state index is 12.5. The average Bonchev–Trinajstić information content (AvgIpc) is 3.21. The first-order valence-corrected chi connectivity index (χ1v) is 11.3. The average molecular weight is 464 g/mol. The molecule has 34 heavy (non-hydrogen) atoms. The number of aromatic nitrogens is 1. The van der Waals surface area contributed by atoms with Gasteiger partial charge in [0.15, 0.2) is 0 Å². The molecule has 0 saturated heterocycles. The molecule has 0 radical (unpaired) electrons. The van der Waals surface area contributed by atoms with Crippen molar-refractivity contribution in [2.45, 2.75) is 57.7 Å². The normalized spacial score (nSPS) is 15.5. The van der Waals surface area contributed by atoms with Gasteiger partial charge in [-0.15, -0.1) is 6.58 Å². The summed E-state index contributed by atoms with van der Waals surface area (Å²) in [5.74, 6) is 0.610. The van der Waals surface area contributed by atoms with E-state index in [4.69, 9.17) is 18.6 Å². The van der Waals surface area contributed by atoms with Gasteiger partial charge < -0.3 is 18.6 Å². The molecule has 7 heteroatoms. The van der Waals surface area contributed by atoms with Gasteiger partial charge >= 0.3 is 11.8 Å². The van der Waals surface area contributed by atoms with Crippen LogP contribution in [0.15, 0.2) is 64.6 Å². The van der Waals surface area contributed by atoms with E-state index in [-0.39, 0.29) is 6.61 Å². The van der Waals surface area contributed by atoms with Crippen molar-refractivity contribution >= 4 is 17.1 Å². The maximum atomic E-state index is 12.5. The number of hydrogen-bond acceptors (Lipinski definition) is 7. The van der Waals surface area contributed by atoms with Crippen LogP contribution >= 0.6 is 0 Å². The fraction of sp³-hybridized carbons (Fsp3) is 0.370. The van der Waals surface area contributed by atoms with Crippen molar-refractivity contribution in [3.05, 3.63) is 82.5 Å². The number of ether oxygens (including phenoxy) is 3. The topological polar surface area (TPSA) is 87.9 Å². The Labute approximate surface area is 198 Å². The highest BCUT2D eigenvalue weighted by molar-refractivity contribution is 5.80. The second-order valence-electron chi connectivity index (χ2n) is 9.59. The Balaban J connectivity index is 1.45. The molecule has 1 aromatic carbocycles. The minimum absolute atomic E-state index is 0.207. The van der Waals surface area contributed by atoms with E-state index < -0.39 is 28.9 Å². The first-order chi connectivity index (χ1) is 16.1. The van der Waals surface area contributed by atoms with E-state index >= 15 is 0 Å². The van der Waals surface area contributed by atoms with Crippen molar-refractivity contribution in [3.63, 3.8) is 0 Å². The Kier molecular flexibility index (Phi) is 6.21. The van der Waals surface area contributed by atoms with Crippen LogP contribution in [0.25, 0.3) is 11.0 Å². The number of allylic oxidation sites excluding steroid dienone is 1. The third-order valence-corrected chi connectivity index (χ3v) is 6.28.